The van der Waals surface area contributed by atoms with Gasteiger partial charge in [0.1, 0.15) is 11.5 Å². The van der Waals surface area contributed by atoms with Gasteiger partial charge in [-0.25, -0.2) is 0 Å². The van der Waals surface area contributed by atoms with Gasteiger partial charge in [-0.15, -0.1) is 0 Å². The van der Waals surface area contributed by atoms with E-state index in [1.54, 1.807) is 18.2 Å². The zero-order valence-corrected chi connectivity index (χ0v) is 10.0. The first kappa shape index (κ1) is 14.3. The molecule has 0 fully saturated rings. The van der Waals surface area contributed by atoms with E-state index in [9.17, 15) is 18.0 Å². The van der Waals surface area contributed by atoms with Crippen LogP contribution in [0.25, 0.3) is 0 Å². The van der Waals surface area contributed by atoms with Crippen LogP contribution in [-0.4, -0.2) is 26.2 Å². The lowest BCUT2D eigenvalue weighted by atomic mass is 10.1. The summed E-state index contributed by atoms with van der Waals surface area (Å²) in [5.41, 5.74) is 0.509. The van der Waals surface area contributed by atoms with E-state index in [0.29, 0.717) is 17.1 Å². The van der Waals surface area contributed by atoms with E-state index in [2.05, 4.69) is 0 Å². The first-order valence-electron chi connectivity index (χ1n) is 5.19. The van der Waals surface area contributed by atoms with Gasteiger partial charge >= 0.3 is 6.18 Å². The van der Waals surface area contributed by atoms with Gasteiger partial charge in [0.2, 0.25) is 5.78 Å². The Kier molecular flexibility index (Phi) is 4.58. The lowest BCUT2D eigenvalue weighted by Gasteiger charge is -2.10. The first-order chi connectivity index (χ1) is 8.38. The number of Topliss-reactive ketones (excluding diaryl/α,β-unsaturated/α-hetero) is 1. The van der Waals surface area contributed by atoms with Crippen LogP contribution in [0.2, 0.25) is 0 Å². The molecule has 0 saturated carbocycles. The van der Waals surface area contributed by atoms with Gasteiger partial charge in [-0.3, -0.25) is 4.79 Å². The van der Waals surface area contributed by atoms with Crippen molar-refractivity contribution in [2.45, 2.75) is 19.0 Å². The van der Waals surface area contributed by atoms with Gasteiger partial charge in [-0.2, -0.15) is 13.2 Å². The molecule has 0 aromatic heterocycles. The minimum absolute atomic E-state index is 0.0429. The molecule has 6 heteroatoms. The lowest BCUT2D eigenvalue weighted by Crippen LogP contribution is -2.22. The summed E-state index contributed by atoms with van der Waals surface area (Å²) in [7, 11) is 2.86. The van der Waals surface area contributed by atoms with Crippen molar-refractivity contribution >= 4 is 5.78 Å². The molecule has 0 aliphatic rings. The van der Waals surface area contributed by atoms with Gasteiger partial charge < -0.3 is 9.47 Å². The summed E-state index contributed by atoms with van der Waals surface area (Å²) in [5.74, 6) is -0.802. The molecule has 0 radical (unpaired) electrons. The van der Waals surface area contributed by atoms with Crippen LogP contribution in [-0.2, 0) is 11.2 Å². The predicted octanol–water partition coefficient (Wildman–Crippen LogP) is 2.77. The molecule has 1 aromatic carbocycles. The molecule has 0 aliphatic heterocycles. The van der Waals surface area contributed by atoms with Crippen molar-refractivity contribution in [3.63, 3.8) is 0 Å². The summed E-state index contributed by atoms with van der Waals surface area (Å²) in [4.78, 5) is 10.8. The van der Waals surface area contributed by atoms with Gasteiger partial charge in [0.25, 0.3) is 0 Å². The van der Waals surface area contributed by atoms with Gasteiger partial charge in [-0.1, -0.05) is 0 Å². The number of aryl methyl sites for hydroxylation is 1. The fourth-order valence-electron chi connectivity index (χ4n) is 1.47. The van der Waals surface area contributed by atoms with Crippen LogP contribution in [0.3, 0.4) is 0 Å². The Labute approximate surface area is 103 Å². The number of hydrogen-bond acceptors (Lipinski definition) is 3. The molecule has 1 aromatic rings. The molecule has 3 nitrogen and oxygen atoms in total. The molecule has 0 unspecified atom stereocenters. The Hall–Kier alpha value is -1.72. The van der Waals surface area contributed by atoms with Crippen molar-refractivity contribution < 1.29 is 27.4 Å². The third-order valence-corrected chi connectivity index (χ3v) is 2.43. The van der Waals surface area contributed by atoms with Gasteiger partial charge in [-0.05, 0) is 30.2 Å². The molecule has 0 spiro atoms. The van der Waals surface area contributed by atoms with E-state index in [4.69, 9.17) is 9.47 Å². The maximum absolute atomic E-state index is 12.1. The minimum atomic E-state index is -4.79. The Balaban J connectivity index is 2.80. The average molecular weight is 262 g/mol. The van der Waals surface area contributed by atoms with Crippen LogP contribution in [0.15, 0.2) is 18.2 Å². The van der Waals surface area contributed by atoms with Crippen molar-refractivity contribution in [3.8, 4) is 11.5 Å². The number of benzene rings is 1. The van der Waals surface area contributed by atoms with Gasteiger partial charge in [0.05, 0.1) is 14.2 Å². The molecular weight excluding hydrogens is 249 g/mol. The molecule has 100 valence electrons. The molecule has 0 saturated heterocycles. The van der Waals surface area contributed by atoms with Crippen molar-refractivity contribution in [2.24, 2.45) is 0 Å². The van der Waals surface area contributed by atoms with E-state index in [1.165, 1.54) is 14.2 Å². The van der Waals surface area contributed by atoms with E-state index in [0.717, 1.165) is 0 Å². The fourth-order valence-corrected chi connectivity index (χ4v) is 1.47. The molecule has 0 N–H and O–H groups in total. The van der Waals surface area contributed by atoms with E-state index in [1.807, 2.05) is 0 Å². The Morgan fingerprint density at radius 3 is 2.39 bits per heavy atom. The van der Waals surface area contributed by atoms with Crippen molar-refractivity contribution in [1.29, 1.82) is 0 Å². The smallest absolute Gasteiger partial charge is 0.449 e. The summed E-state index contributed by atoms with van der Waals surface area (Å²) >= 11 is 0. The van der Waals surface area contributed by atoms with E-state index >= 15 is 0 Å². The van der Waals surface area contributed by atoms with Crippen LogP contribution >= 0.6 is 0 Å². The highest BCUT2D eigenvalue weighted by Crippen LogP contribution is 2.26. The summed E-state index contributed by atoms with van der Waals surface area (Å²) in [5, 5.41) is 0. The highest BCUT2D eigenvalue weighted by atomic mass is 19.4. The SMILES string of the molecule is COc1ccc(OC)c(CCC(=O)C(F)(F)F)c1. The number of carbonyl (C=O) groups is 1. The van der Waals surface area contributed by atoms with Gasteiger partial charge in [0, 0.05) is 6.42 Å². The third-order valence-electron chi connectivity index (χ3n) is 2.43. The monoisotopic (exact) mass is 262 g/mol. The molecular formula is C12H13F3O3. The van der Waals surface area contributed by atoms with Crippen LogP contribution in [0.5, 0.6) is 11.5 Å². The van der Waals surface area contributed by atoms with Crippen LogP contribution in [0.1, 0.15) is 12.0 Å². The molecule has 1 rings (SSSR count). The fraction of sp³-hybridized carbons (Fsp3) is 0.417. The van der Waals surface area contributed by atoms with Crippen molar-refractivity contribution in [2.75, 3.05) is 14.2 Å². The second kappa shape index (κ2) is 5.75. The predicted molar refractivity (Wildman–Crippen MR) is 58.9 cm³/mol. The Morgan fingerprint density at radius 2 is 1.89 bits per heavy atom. The number of ketones is 1. The second-order valence-electron chi connectivity index (χ2n) is 3.60. The largest absolute Gasteiger partial charge is 0.497 e. The second-order valence-corrected chi connectivity index (χ2v) is 3.60. The normalized spacial score (nSPS) is 11.2. The number of hydrogen-bond donors (Lipinski definition) is 0. The summed E-state index contributed by atoms with van der Waals surface area (Å²) in [6.07, 6.45) is -5.43. The molecule has 0 bridgehead atoms. The van der Waals surface area contributed by atoms with Crippen molar-refractivity contribution in [1.82, 2.24) is 0 Å². The van der Waals surface area contributed by atoms with Gasteiger partial charge in [0.15, 0.2) is 0 Å². The summed E-state index contributed by atoms with van der Waals surface area (Å²) in [6.45, 7) is 0. The molecule has 18 heavy (non-hydrogen) atoms. The summed E-state index contributed by atoms with van der Waals surface area (Å²) < 4.78 is 46.2. The number of carbonyl (C=O) groups excluding carboxylic acids is 1. The number of halogens is 3. The van der Waals surface area contributed by atoms with E-state index in [-0.39, 0.29) is 6.42 Å². The number of methoxy groups -OCH3 is 2. The molecule has 0 atom stereocenters. The topological polar surface area (TPSA) is 35.5 Å². The van der Waals surface area contributed by atoms with Crippen molar-refractivity contribution in [3.05, 3.63) is 23.8 Å². The standard InChI is InChI=1S/C12H13F3O3/c1-17-9-4-5-10(18-2)8(7-9)3-6-11(16)12(13,14)15/h4-5,7H,3,6H2,1-2H3. The maximum atomic E-state index is 12.1. The number of rotatable bonds is 5. The average Bonchev–Trinajstić information content (AvgIpc) is 2.34. The lowest BCUT2D eigenvalue weighted by molar-refractivity contribution is -0.171. The minimum Gasteiger partial charge on any atom is -0.497 e. The highest BCUT2D eigenvalue weighted by molar-refractivity contribution is 5.84. The first-order valence-corrected chi connectivity index (χ1v) is 5.19. The van der Waals surface area contributed by atoms with Crippen LogP contribution < -0.4 is 9.47 Å². The summed E-state index contributed by atoms with van der Waals surface area (Å²) in [6, 6.07) is 4.78. The maximum Gasteiger partial charge on any atom is 0.449 e. The molecule has 0 aliphatic carbocycles. The number of ether oxygens (including phenoxy) is 2. The molecule has 0 amide bonds. The Bertz CT molecular complexity index is 427. The highest BCUT2D eigenvalue weighted by Gasteiger charge is 2.37. The zero-order chi connectivity index (χ0) is 13.8. The van der Waals surface area contributed by atoms with Crippen LogP contribution in [0, 0.1) is 0 Å². The third kappa shape index (κ3) is 3.65. The number of alkyl halides is 3. The Morgan fingerprint density at radius 1 is 1.22 bits per heavy atom. The van der Waals surface area contributed by atoms with E-state index < -0.39 is 18.4 Å². The zero-order valence-electron chi connectivity index (χ0n) is 10.0. The molecule has 0 heterocycles. The van der Waals surface area contributed by atoms with Crippen LogP contribution in [0.4, 0.5) is 13.2 Å². The quantitative estimate of drug-likeness (QED) is 0.818.